The van der Waals surface area contributed by atoms with Crippen LogP contribution in [0.3, 0.4) is 0 Å². The molecule has 3 amide bonds. The standard InChI is InChI=1S/C33H40N4O4/c1-33(2,34)17-9-14-30(39)36(3)29(20-24-15-16-25-12-7-8-13-26(25)18-24)32(41)37-21-27(22-38)35-31(40)28(37)19-23-10-5-4-6-11-23/h4-16,18,27-29,38H,17,19-22,34H2,1-3H3,(H,35,40)/b14-9+/t27-,28-,29-/m1/s1. The first-order chi connectivity index (χ1) is 19.6. The predicted molar refractivity (Wildman–Crippen MR) is 161 cm³/mol. The Bertz CT molecular complexity index is 1400. The van der Waals surface area contributed by atoms with Crippen LogP contribution in [-0.4, -0.2) is 76.5 Å². The molecule has 0 aromatic heterocycles. The molecule has 1 fully saturated rings. The molecule has 0 unspecified atom stereocenters. The topological polar surface area (TPSA) is 116 Å². The maximum absolute atomic E-state index is 14.4. The van der Waals surface area contributed by atoms with Gasteiger partial charge >= 0.3 is 0 Å². The fraction of sp³-hybridized carbons (Fsp3) is 0.364. The predicted octanol–water partition coefficient (Wildman–Crippen LogP) is 2.82. The number of piperazine rings is 1. The number of hydrogen-bond acceptors (Lipinski definition) is 5. The number of carbonyl (C=O) groups excluding carboxylic acids is 3. The Balaban J connectivity index is 1.68. The molecule has 1 aliphatic rings. The van der Waals surface area contributed by atoms with Crippen LogP contribution in [-0.2, 0) is 27.2 Å². The molecule has 0 bridgehead atoms. The zero-order chi connectivity index (χ0) is 29.6. The number of carbonyl (C=O) groups is 3. The van der Waals surface area contributed by atoms with Crippen molar-refractivity contribution in [2.45, 2.75) is 56.8 Å². The van der Waals surface area contributed by atoms with E-state index in [1.54, 1.807) is 13.1 Å². The molecule has 3 atom stereocenters. The van der Waals surface area contributed by atoms with Gasteiger partial charge in [0.25, 0.3) is 0 Å². The van der Waals surface area contributed by atoms with E-state index in [0.29, 0.717) is 12.8 Å². The third-order valence-corrected chi connectivity index (χ3v) is 7.47. The maximum Gasteiger partial charge on any atom is 0.246 e. The zero-order valence-electron chi connectivity index (χ0n) is 24.0. The molecule has 3 aromatic rings. The molecule has 0 spiro atoms. The fourth-order valence-corrected chi connectivity index (χ4v) is 5.14. The summed E-state index contributed by atoms with van der Waals surface area (Å²) in [4.78, 5) is 43.9. The molecule has 4 N–H and O–H groups in total. The Kier molecular flexibility index (Phi) is 9.57. The van der Waals surface area contributed by atoms with Crippen molar-refractivity contribution >= 4 is 28.5 Å². The second-order valence-electron chi connectivity index (χ2n) is 11.5. The lowest BCUT2D eigenvalue weighted by molar-refractivity contribution is -0.151. The minimum Gasteiger partial charge on any atom is -0.394 e. The molecule has 0 radical (unpaired) electrons. The van der Waals surface area contributed by atoms with E-state index < -0.39 is 23.7 Å². The smallest absolute Gasteiger partial charge is 0.246 e. The monoisotopic (exact) mass is 556 g/mol. The van der Waals surface area contributed by atoms with Gasteiger partial charge in [0.15, 0.2) is 0 Å². The van der Waals surface area contributed by atoms with E-state index in [-0.39, 0.29) is 37.3 Å². The molecule has 8 heteroatoms. The van der Waals surface area contributed by atoms with Crippen LogP contribution < -0.4 is 11.1 Å². The molecule has 1 heterocycles. The lowest BCUT2D eigenvalue weighted by atomic mass is 9.96. The summed E-state index contributed by atoms with van der Waals surface area (Å²) in [6.45, 7) is 3.61. The highest BCUT2D eigenvalue weighted by molar-refractivity contribution is 5.96. The molecule has 3 aromatic carbocycles. The molecule has 0 saturated carbocycles. The van der Waals surface area contributed by atoms with Crippen LogP contribution in [0.4, 0.5) is 0 Å². The number of amides is 3. The summed E-state index contributed by atoms with van der Waals surface area (Å²) in [6, 6.07) is 21.3. The van der Waals surface area contributed by atoms with Gasteiger partial charge in [-0.1, -0.05) is 78.9 Å². The molecular weight excluding hydrogens is 516 g/mol. The zero-order valence-corrected chi connectivity index (χ0v) is 24.0. The van der Waals surface area contributed by atoms with Crippen molar-refractivity contribution in [1.82, 2.24) is 15.1 Å². The number of benzene rings is 3. The van der Waals surface area contributed by atoms with Gasteiger partial charge in [-0.15, -0.1) is 0 Å². The lowest BCUT2D eigenvalue weighted by Crippen LogP contribution is -2.66. The SMILES string of the molecule is CN(C(=O)/C=C/CC(C)(C)N)[C@H](Cc1ccc2ccccc2c1)C(=O)N1C[C@H](CO)NC(=O)[C@H]1Cc1ccccc1. The molecular formula is C33H40N4O4. The molecule has 41 heavy (non-hydrogen) atoms. The van der Waals surface area contributed by atoms with Crippen LogP contribution >= 0.6 is 0 Å². The summed E-state index contributed by atoms with van der Waals surface area (Å²) in [5.74, 6) is -0.986. The third kappa shape index (κ3) is 7.80. The van der Waals surface area contributed by atoms with Crippen LogP contribution in [0.5, 0.6) is 0 Å². The van der Waals surface area contributed by atoms with Crippen molar-refractivity contribution in [2.75, 3.05) is 20.2 Å². The Morgan fingerprint density at radius 1 is 1.07 bits per heavy atom. The van der Waals surface area contributed by atoms with Gasteiger partial charge in [-0.2, -0.15) is 0 Å². The molecule has 0 aliphatic carbocycles. The first kappa shape index (κ1) is 30.0. The molecule has 1 saturated heterocycles. The number of nitrogens with zero attached hydrogens (tertiary/aromatic N) is 2. The number of rotatable bonds is 10. The van der Waals surface area contributed by atoms with Crippen molar-refractivity contribution in [3.63, 3.8) is 0 Å². The van der Waals surface area contributed by atoms with Crippen LogP contribution in [0, 0.1) is 0 Å². The third-order valence-electron chi connectivity index (χ3n) is 7.47. The van der Waals surface area contributed by atoms with Gasteiger partial charge < -0.3 is 26.0 Å². The van der Waals surface area contributed by atoms with Crippen molar-refractivity contribution < 1.29 is 19.5 Å². The normalized spacial score (nSPS) is 18.4. The van der Waals surface area contributed by atoms with Gasteiger partial charge in [-0.05, 0) is 48.2 Å². The van der Waals surface area contributed by atoms with E-state index in [1.165, 1.54) is 15.9 Å². The Hall–Kier alpha value is -4.01. The van der Waals surface area contributed by atoms with Crippen LogP contribution in [0.25, 0.3) is 10.8 Å². The highest BCUT2D eigenvalue weighted by atomic mass is 16.3. The van der Waals surface area contributed by atoms with E-state index >= 15 is 0 Å². The summed E-state index contributed by atoms with van der Waals surface area (Å²) in [7, 11) is 1.61. The van der Waals surface area contributed by atoms with Crippen molar-refractivity contribution in [3.05, 3.63) is 96.1 Å². The summed E-state index contributed by atoms with van der Waals surface area (Å²) >= 11 is 0. The first-order valence-corrected chi connectivity index (χ1v) is 14.0. The average Bonchev–Trinajstić information content (AvgIpc) is 2.95. The van der Waals surface area contributed by atoms with Gasteiger partial charge in [0.1, 0.15) is 12.1 Å². The highest BCUT2D eigenvalue weighted by Gasteiger charge is 2.41. The largest absolute Gasteiger partial charge is 0.394 e. The minimum absolute atomic E-state index is 0.145. The second kappa shape index (κ2) is 13.1. The van der Waals surface area contributed by atoms with E-state index in [4.69, 9.17) is 5.73 Å². The van der Waals surface area contributed by atoms with Gasteiger partial charge in [0.2, 0.25) is 17.7 Å². The van der Waals surface area contributed by atoms with Crippen molar-refractivity contribution in [3.8, 4) is 0 Å². The maximum atomic E-state index is 14.4. The number of nitrogens with one attached hydrogen (secondary N) is 1. The van der Waals surface area contributed by atoms with Crippen LogP contribution in [0.1, 0.15) is 31.4 Å². The van der Waals surface area contributed by atoms with E-state index in [2.05, 4.69) is 5.32 Å². The average molecular weight is 557 g/mol. The van der Waals surface area contributed by atoms with E-state index in [9.17, 15) is 19.5 Å². The second-order valence-corrected chi connectivity index (χ2v) is 11.5. The van der Waals surface area contributed by atoms with Crippen molar-refractivity contribution in [2.24, 2.45) is 5.73 Å². The number of fused-ring (bicyclic) bond motifs is 1. The number of nitrogens with two attached hydrogens (primary N) is 1. The molecule has 4 rings (SSSR count). The Labute approximate surface area is 241 Å². The summed E-state index contributed by atoms with van der Waals surface area (Å²) in [5.41, 5.74) is 7.41. The van der Waals surface area contributed by atoms with E-state index in [0.717, 1.165) is 21.9 Å². The number of hydrogen-bond donors (Lipinski definition) is 3. The lowest BCUT2D eigenvalue weighted by Gasteiger charge is -2.42. The van der Waals surface area contributed by atoms with Crippen molar-refractivity contribution in [1.29, 1.82) is 0 Å². The fourth-order valence-electron chi connectivity index (χ4n) is 5.14. The van der Waals surface area contributed by atoms with Gasteiger partial charge in [-0.25, -0.2) is 0 Å². The van der Waals surface area contributed by atoms with Gasteiger partial charge in [0.05, 0.1) is 12.6 Å². The first-order valence-electron chi connectivity index (χ1n) is 14.0. The molecule has 1 aliphatic heterocycles. The minimum atomic E-state index is -0.872. The number of aliphatic hydroxyl groups is 1. The Morgan fingerprint density at radius 3 is 2.44 bits per heavy atom. The molecule has 8 nitrogen and oxygen atoms in total. The van der Waals surface area contributed by atoms with Crippen LogP contribution in [0.2, 0.25) is 0 Å². The molecule has 216 valence electrons. The highest BCUT2D eigenvalue weighted by Crippen LogP contribution is 2.22. The van der Waals surface area contributed by atoms with Gasteiger partial charge in [0, 0.05) is 32.0 Å². The number of likely N-dealkylation sites (N-methyl/N-ethyl adjacent to an activating group) is 1. The van der Waals surface area contributed by atoms with E-state index in [1.807, 2.05) is 86.6 Å². The quantitative estimate of drug-likeness (QED) is 0.332. The summed E-state index contributed by atoms with van der Waals surface area (Å²) in [5, 5.41) is 14.8. The van der Waals surface area contributed by atoms with Crippen LogP contribution in [0.15, 0.2) is 84.9 Å². The summed E-state index contributed by atoms with van der Waals surface area (Å²) in [6.07, 6.45) is 4.27. The van der Waals surface area contributed by atoms with Gasteiger partial charge in [-0.3, -0.25) is 14.4 Å². The number of aliphatic hydroxyl groups excluding tert-OH is 1. The summed E-state index contributed by atoms with van der Waals surface area (Å²) < 4.78 is 0. The Morgan fingerprint density at radius 2 is 1.76 bits per heavy atom.